The molecular formula is C24H24Cl2N4O2. The number of ketones is 1. The largest absolute Gasteiger partial charge is 0.487 e. The van der Waals surface area contributed by atoms with E-state index in [2.05, 4.69) is 22.3 Å². The zero-order valence-corrected chi connectivity index (χ0v) is 19.6. The van der Waals surface area contributed by atoms with Crippen molar-refractivity contribution in [1.82, 2.24) is 20.2 Å². The molecule has 0 spiro atoms. The van der Waals surface area contributed by atoms with Crippen molar-refractivity contribution in [2.75, 3.05) is 0 Å². The number of rotatable bonds is 5. The Morgan fingerprint density at radius 1 is 1.16 bits per heavy atom. The van der Waals surface area contributed by atoms with Crippen LogP contribution in [-0.4, -0.2) is 26.0 Å². The van der Waals surface area contributed by atoms with Gasteiger partial charge in [0, 0.05) is 16.5 Å². The second-order valence-corrected chi connectivity index (χ2v) is 9.79. The Kier molecular flexibility index (Phi) is 5.46. The molecule has 1 atom stereocenters. The van der Waals surface area contributed by atoms with Crippen LogP contribution in [0.3, 0.4) is 0 Å². The van der Waals surface area contributed by atoms with Gasteiger partial charge < -0.3 is 4.74 Å². The maximum atomic E-state index is 13.3. The van der Waals surface area contributed by atoms with E-state index in [0.717, 1.165) is 29.5 Å². The molecule has 166 valence electrons. The topological polar surface area (TPSA) is 69.9 Å². The van der Waals surface area contributed by atoms with Crippen molar-refractivity contribution < 1.29 is 9.53 Å². The van der Waals surface area contributed by atoms with Gasteiger partial charge in [-0.2, -0.15) is 4.80 Å². The van der Waals surface area contributed by atoms with Crippen LogP contribution in [-0.2, 0) is 20.1 Å². The molecular weight excluding hydrogens is 447 g/mol. The van der Waals surface area contributed by atoms with Crippen LogP contribution in [0.5, 0.6) is 5.75 Å². The van der Waals surface area contributed by atoms with Gasteiger partial charge in [0.25, 0.3) is 0 Å². The predicted molar refractivity (Wildman–Crippen MR) is 123 cm³/mol. The highest BCUT2D eigenvalue weighted by Gasteiger charge is 2.49. The van der Waals surface area contributed by atoms with Crippen LogP contribution < -0.4 is 4.74 Å². The minimum Gasteiger partial charge on any atom is -0.487 e. The summed E-state index contributed by atoms with van der Waals surface area (Å²) in [4.78, 5) is 14.7. The number of benzene rings is 2. The van der Waals surface area contributed by atoms with E-state index in [1.165, 1.54) is 17.6 Å². The highest BCUT2D eigenvalue weighted by molar-refractivity contribution is 6.45. The molecule has 0 aliphatic heterocycles. The van der Waals surface area contributed by atoms with Crippen molar-refractivity contribution in [2.24, 2.45) is 18.4 Å². The summed E-state index contributed by atoms with van der Waals surface area (Å²) in [6.07, 6.45) is 5.28. The number of tetrazole rings is 1. The zero-order valence-electron chi connectivity index (χ0n) is 18.1. The lowest BCUT2D eigenvalue weighted by molar-refractivity contribution is 0.0744. The van der Waals surface area contributed by atoms with E-state index >= 15 is 0 Å². The van der Waals surface area contributed by atoms with Crippen molar-refractivity contribution in [1.29, 1.82) is 0 Å². The summed E-state index contributed by atoms with van der Waals surface area (Å²) < 4.78 is 6.03. The number of hydrogen-bond donors (Lipinski definition) is 0. The molecule has 1 aromatic heterocycles. The van der Waals surface area contributed by atoms with E-state index < -0.39 is 5.41 Å². The number of ether oxygens (including phenoxy) is 1. The first-order valence-electron chi connectivity index (χ1n) is 10.9. The van der Waals surface area contributed by atoms with E-state index in [9.17, 15) is 4.79 Å². The SMILES string of the molecule is Cn1nnc(-c2ccc(COc3cc4c(c(Cl)c3Cl)C(=O)C(C)(C3CCCC3)C4)cc2)n1. The van der Waals surface area contributed by atoms with E-state index in [-0.39, 0.29) is 5.78 Å². The van der Waals surface area contributed by atoms with Crippen molar-refractivity contribution in [3.05, 3.63) is 57.1 Å². The molecule has 2 aliphatic rings. The third-order valence-corrected chi connectivity index (χ3v) is 7.78. The molecule has 2 aliphatic carbocycles. The summed E-state index contributed by atoms with van der Waals surface area (Å²) >= 11 is 13.1. The summed E-state index contributed by atoms with van der Waals surface area (Å²) in [6, 6.07) is 9.67. The molecule has 5 rings (SSSR count). The molecule has 6 nitrogen and oxygen atoms in total. The van der Waals surface area contributed by atoms with Gasteiger partial charge in [0.15, 0.2) is 5.78 Å². The number of aromatic nitrogens is 4. The molecule has 0 N–H and O–H groups in total. The highest BCUT2D eigenvalue weighted by Crippen LogP contribution is 2.52. The van der Waals surface area contributed by atoms with Gasteiger partial charge in [-0.25, -0.2) is 0 Å². The van der Waals surface area contributed by atoms with Crippen molar-refractivity contribution in [2.45, 2.75) is 45.6 Å². The van der Waals surface area contributed by atoms with Crippen LogP contribution in [0.15, 0.2) is 30.3 Å². The zero-order chi connectivity index (χ0) is 22.5. The van der Waals surface area contributed by atoms with Crippen LogP contribution in [0.2, 0.25) is 10.0 Å². The fourth-order valence-electron chi connectivity index (χ4n) is 5.11. The summed E-state index contributed by atoms with van der Waals surface area (Å²) in [5.41, 5.74) is 2.98. The number of nitrogens with zero attached hydrogens (tertiary/aromatic N) is 4. The minimum atomic E-state index is -0.394. The van der Waals surface area contributed by atoms with Gasteiger partial charge >= 0.3 is 0 Å². The first-order valence-corrected chi connectivity index (χ1v) is 11.6. The molecule has 2 aromatic carbocycles. The van der Waals surface area contributed by atoms with Gasteiger partial charge in [-0.3, -0.25) is 4.79 Å². The number of aryl methyl sites for hydroxylation is 1. The molecule has 1 fully saturated rings. The van der Waals surface area contributed by atoms with Crippen LogP contribution in [0, 0.1) is 11.3 Å². The molecule has 0 radical (unpaired) electrons. The Balaban J connectivity index is 1.35. The lowest BCUT2D eigenvalue weighted by Crippen LogP contribution is -2.32. The number of hydrogen-bond acceptors (Lipinski definition) is 5. The first kappa shape index (κ1) is 21.4. The lowest BCUT2D eigenvalue weighted by atomic mass is 9.73. The number of fused-ring (bicyclic) bond motifs is 1. The van der Waals surface area contributed by atoms with E-state index in [0.29, 0.717) is 46.1 Å². The Morgan fingerprint density at radius 3 is 2.53 bits per heavy atom. The predicted octanol–water partition coefficient (Wildman–Crippen LogP) is 5.70. The Morgan fingerprint density at radius 2 is 1.88 bits per heavy atom. The second-order valence-electron chi connectivity index (χ2n) is 9.03. The minimum absolute atomic E-state index is 0.131. The number of Topliss-reactive ketones (excluding diaryl/α,β-unsaturated/α-hetero) is 1. The summed E-state index contributed by atoms with van der Waals surface area (Å²) in [6.45, 7) is 2.42. The number of carbonyl (C=O) groups excluding carboxylic acids is 1. The normalized spacial score (nSPS) is 20.7. The van der Waals surface area contributed by atoms with Crippen molar-refractivity contribution in [3.8, 4) is 17.1 Å². The second kappa shape index (κ2) is 8.16. The molecule has 1 unspecified atom stereocenters. The molecule has 8 heteroatoms. The monoisotopic (exact) mass is 470 g/mol. The van der Waals surface area contributed by atoms with Gasteiger partial charge in [-0.1, -0.05) is 67.2 Å². The maximum absolute atomic E-state index is 13.3. The van der Waals surface area contributed by atoms with Crippen LogP contribution in [0.1, 0.15) is 54.1 Å². The summed E-state index contributed by atoms with van der Waals surface area (Å²) in [5, 5.41) is 12.7. The van der Waals surface area contributed by atoms with Crippen molar-refractivity contribution >= 4 is 29.0 Å². The fourth-order valence-corrected chi connectivity index (χ4v) is 5.61. The van der Waals surface area contributed by atoms with Crippen LogP contribution in [0.4, 0.5) is 0 Å². The fraction of sp³-hybridized carbons (Fsp3) is 0.417. The van der Waals surface area contributed by atoms with Crippen LogP contribution >= 0.6 is 23.2 Å². The number of carbonyl (C=O) groups is 1. The smallest absolute Gasteiger partial charge is 0.204 e. The quantitative estimate of drug-likeness (QED) is 0.478. The summed E-state index contributed by atoms with van der Waals surface area (Å²) in [7, 11) is 1.73. The average molecular weight is 471 g/mol. The van der Waals surface area contributed by atoms with E-state index in [1.54, 1.807) is 7.05 Å². The van der Waals surface area contributed by atoms with Gasteiger partial charge in [0.05, 0.1) is 12.1 Å². The lowest BCUT2D eigenvalue weighted by Gasteiger charge is -2.29. The van der Waals surface area contributed by atoms with Gasteiger partial charge in [-0.05, 0) is 47.6 Å². The Bertz CT molecular complexity index is 1190. The van der Waals surface area contributed by atoms with Crippen LogP contribution in [0.25, 0.3) is 11.4 Å². The first-order chi connectivity index (χ1) is 15.4. The van der Waals surface area contributed by atoms with Gasteiger partial charge in [0.1, 0.15) is 17.4 Å². The maximum Gasteiger partial charge on any atom is 0.204 e. The van der Waals surface area contributed by atoms with Gasteiger partial charge in [0.2, 0.25) is 5.82 Å². The van der Waals surface area contributed by atoms with Gasteiger partial charge in [-0.15, -0.1) is 10.2 Å². The molecule has 0 amide bonds. The number of halogens is 2. The van der Waals surface area contributed by atoms with Crippen molar-refractivity contribution in [3.63, 3.8) is 0 Å². The Labute approximate surface area is 196 Å². The van der Waals surface area contributed by atoms with E-state index in [1.807, 2.05) is 30.3 Å². The molecule has 32 heavy (non-hydrogen) atoms. The Hall–Kier alpha value is -2.44. The third kappa shape index (κ3) is 3.59. The average Bonchev–Trinajstić information content (AvgIpc) is 3.52. The molecule has 1 heterocycles. The van der Waals surface area contributed by atoms with E-state index in [4.69, 9.17) is 27.9 Å². The summed E-state index contributed by atoms with van der Waals surface area (Å²) in [5.74, 6) is 1.62. The molecule has 3 aromatic rings. The molecule has 1 saturated carbocycles. The highest BCUT2D eigenvalue weighted by atomic mass is 35.5. The standard InChI is InChI=1S/C24H24Cl2N4O2/c1-24(17-5-3-4-6-17)12-16-11-18(20(25)21(26)19(16)22(24)31)32-13-14-7-9-15(10-8-14)23-27-29-30(2)28-23/h7-11,17H,3-6,12-13H2,1-2H3. The molecule has 0 bridgehead atoms. The molecule has 0 saturated heterocycles. The third-order valence-electron chi connectivity index (χ3n) is 6.93.